The normalized spacial score (nSPS) is 54.6. The molecule has 0 N–H and O–H groups in total. The molecule has 3 aliphatic carbocycles. The lowest BCUT2D eigenvalue weighted by molar-refractivity contribution is -0.118. The Morgan fingerprint density at radius 3 is 2.57 bits per heavy atom. The van der Waals surface area contributed by atoms with E-state index < -0.39 is 0 Å². The molecule has 0 saturated heterocycles. The highest BCUT2D eigenvalue weighted by Crippen LogP contribution is 2.84. The topological polar surface area (TPSA) is 34.1 Å². The Labute approximate surface area is 84.1 Å². The van der Waals surface area contributed by atoms with Gasteiger partial charge in [-0.15, -0.1) is 0 Å². The van der Waals surface area contributed by atoms with Crippen LogP contribution < -0.4 is 0 Å². The van der Waals surface area contributed by atoms with E-state index in [4.69, 9.17) is 0 Å². The van der Waals surface area contributed by atoms with Crippen molar-refractivity contribution in [2.45, 2.75) is 38.5 Å². The van der Waals surface area contributed by atoms with E-state index in [9.17, 15) is 9.59 Å². The zero-order valence-corrected chi connectivity index (χ0v) is 8.37. The molecule has 0 aromatic heterocycles. The van der Waals surface area contributed by atoms with Gasteiger partial charge in [-0.2, -0.15) is 0 Å². The van der Waals surface area contributed by atoms with E-state index in [1.54, 1.807) is 0 Å². The summed E-state index contributed by atoms with van der Waals surface area (Å²) in [5.74, 6) is 0.606. The molecule has 0 radical (unpaired) electrons. The second-order valence-corrected chi connectivity index (χ2v) is 5.53. The second kappa shape index (κ2) is 2.47. The zero-order valence-electron chi connectivity index (χ0n) is 8.37. The molecule has 0 amide bonds. The summed E-state index contributed by atoms with van der Waals surface area (Å²) in [5.41, 5.74) is 0.878. The molecule has 0 aromatic rings. The number of carbonyl (C=O) groups excluding carboxylic acids is 2. The maximum Gasteiger partial charge on any atom is 0.123 e. The van der Waals surface area contributed by atoms with Crippen LogP contribution in [0, 0.1) is 22.7 Å². The number of hydrogen-bond acceptors (Lipinski definition) is 2. The van der Waals surface area contributed by atoms with Crippen molar-refractivity contribution in [3.8, 4) is 0 Å². The second-order valence-electron chi connectivity index (χ2n) is 5.53. The Morgan fingerprint density at radius 2 is 1.86 bits per heavy atom. The molecule has 3 saturated carbocycles. The van der Waals surface area contributed by atoms with Crippen LogP contribution in [-0.4, -0.2) is 12.6 Å². The number of rotatable bonds is 2. The van der Waals surface area contributed by atoms with E-state index in [0.29, 0.717) is 16.7 Å². The molecule has 0 aliphatic heterocycles. The van der Waals surface area contributed by atoms with Gasteiger partial charge in [0.2, 0.25) is 0 Å². The number of hydrogen-bond donors (Lipinski definition) is 0. The van der Waals surface area contributed by atoms with E-state index in [-0.39, 0.29) is 5.92 Å². The first-order valence-electron chi connectivity index (χ1n) is 5.67. The monoisotopic (exact) mass is 192 g/mol. The summed E-state index contributed by atoms with van der Waals surface area (Å²) in [6.07, 6.45) is 9.07. The molecule has 4 unspecified atom stereocenters. The van der Waals surface area contributed by atoms with Gasteiger partial charge < -0.3 is 9.59 Å². The van der Waals surface area contributed by atoms with Gasteiger partial charge in [0.05, 0.1) is 0 Å². The number of aldehydes is 2. The first-order chi connectivity index (χ1) is 6.76. The summed E-state index contributed by atoms with van der Waals surface area (Å²) in [4.78, 5) is 21.6. The van der Waals surface area contributed by atoms with Crippen molar-refractivity contribution in [3.63, 3.8) is 0 Å². The molecule has 0 heterocycles. The van der Waals surface area contributed by atoms with Gasteiger partial charge in [-0.3, -0.25) is 0 Å². The predicted octanol–water partition coefficient (Wildman–Crippen LogP) is 1.97. The van der Waals surface area contributed by atoms with Gasteiger partial charge in [-0.1, -0.05) is 0 Å². The van der Waals surface area contributed by atoms with Gasteiger partial charge in [0.25, 0.3) is 0 Å². The highest BCUT2D eigenvalue weighted by Gasteiger charge is 2.77. The molecule has 0 bridgehead atoms. The molecule has 4 atom stereocenters. The van der Waals surface area contributed by atoms with Gasteiger partial charge in [0.15, 0.2) is 0 Å². The van der Waals surface area contributed by atoms with E-state index in [1.165, 1.54) is 12.8 Å². The van der Waals surface area contributed by atoms with Crippen molar-refractivity contribution < 1.29 is 9.59 Å². The van der Waals surface area contributed by atoms with Gasteiger partial charge in [-0.05, 0) is 49.4 Å². The molecule has 2 nitrogen and oxygen atoms in total. The lowest BCUT2D eigenvalue weighted by Gasteiger charge is -2.40. The smallest absolute Gasteiger partial charge is 0.123 e. The van der Waals surface area contributed by atoms with Crippen molar-refractivity contribution in [3.05, 3.63) is 0 Å². The van der Waals surface area contributed by atoms with Crippen LogP contribution >= 0.6 is 0 Å². The largest absolute Gasteiger partial charge is 0.303 e. The molecule has 3 rings (SSSR count). The Bertz CT molecular complexity index is 299. The first-order valence-corrected chi connectivity index (χ1v) is 5.67. The molecule has 0 spiro atoms. The lowest BCUT2D eigenvalue weighted by atomic mass is 9.63. The summed E-state index contributed by atoms with van der Waals surface area (Å²) in [7, 11) is 0. The van der Waals surface area contributed by atoms with Gasteiger partial charge in [0.1, 0.15) is 12.6 Å². The van der Waals surface area contributed by atoms with E-state index in [0.717, 1.165) is 38.3 Å². The summed E-state index contributed by atoms with van der Waals surface area (Å²) < 4.78 is 0. The predicted molar refractivity (Wildman–Crippen MR) is 51.7 cm³/mol. The molecular weight excluding hydrogens is 176 g/mol. The quantitative estimate of drug-likeness (QED) is 0.627. The minimum Gasteiger partial charge on any atom is -0.303 e. The summed E-state index contributed by atoms with van der Waals surface area (Å²) >= 11 is 0. The average molecular weight is 192 g/mol. The fraction of sp³-hybridized carbons (Fsp3) is 0.833. The first kappa shape index (κ1) is 8.63. The van der Waals surface area contributed by atoms with Gasteiger partial charge in [0, 0.05) is 11.8 Å². The van der Waals surface area contributed by atoms with Crippen molar-refractivity contribution in [2.24, 2.45) is 22.7 Å². The molecule has 3 aliphatic rings. The molecular formula is C12H16O2. The summed E-state index contributed by atoms with van der Waals surface area (Å²) in [6, 6.07) is 0. The summed E-state index contributed by atoms with van der Waals surface area (Å²) in [6.45, 7) is 0. The summed E-state index contributed by atoms with van der Waals surface area (Å²) in [5, 5.41) is 0. The van der Waals surface area contributed by atoms with E-state index in [2.05, 4.69) is 0 Å². The SMILES string of the molecule is O=CC1CCC23CC(C=O)C2(CC1)C3. The van der Waals surface area contributed by atoms with Crippen LogP contribution in [0.3, 0.4) is 0 Å². The molecule has 3 fully saturated rings. The third-order valence-corrected chi connectivity index (χ3v) is 5.22. The van der Waals surface area contributed by atoms with Crippen LogP contribution in [0.5, 0.6) is 0 Å². The Kier molecular flexibility index (Phi) is 1.52. The Morgan fingerprint density at radius 1 is 1.07 bits per heavy atom. The molecule has 14 heavy (non-hydrogen) atoms. The minimum atomic E-state index is 0.280. The third-order valence-electron chi connectivity index (χ3n) is 5.22. The fourth-order valence-electron chi connectivity index (χ4n) is 4.19. The van der Waals surface area contributed by atoms with Crippen LogP contribution in [0.25, 0.3) is 0 Å². The Hall–Kier alpha value is -0.660. The van der Waals surface area contributed by atoms with Crippen LogP contribution in [0.1, 0.15) is 38.5 Å². The highest BCUT2D eigenvalue weighted by molar-refractivity contribution is 5.62. The zero-order chi connectivity index (χ0) is 9.81. The van der Waals surface area contributed by atoms with Crippen molar-refractivity contribution >= 4 is 12.6 Å². The maximum absolute atomic E-state index is 10.9. The van der Waals surface area contributed by atoms with Gasteiger partial charge in [-0.25, -0.2) is 0 Å². The fourth-order valence-corrected chi connectivity index (χ4v) is 4.19. The highest BCUT2D eigenvalue weighted by atomic mass is 16.1. The van der Waals surface area contributed by atoms with Crippen LogP contribution in [0.2, 0.25) is 0 Å². The minimum absolute atomic E-state index is 0.280. The average Bonchev–Trinajstić information content (AvgIpc) is 2.69. The number of carbonyl (C=O) groups is 2. The van der Waals surface area contributed by atoms with Crippen molar-refractivity contribution in [1.82, 2.24) is 0 Å². The lowest BCUT2D eigenvalue weighted by Crippen LogP contribution is -2.36. The maximum atomic E-state index is 10.9. The molecule has 76 valence electrons. The molecule has 2 heteroatoms. The molecule has 0 aromatic carbocycles. The van der Waals surface area contributed by atoms with E-state index in [1.807, 2.05) is 0 Å². The standard InChI is InChI=1S/C12H16O2/c13-6-9-1-3-11-5-10(7-14)12(11,8-11)4-2-9/h6-7,9-10H,1-5,8H2. The van der Waals surface area contributed by atoms with E-state index >= 15 is 0 Å². The van der Waals surface area contributed by atoms with Crippen molar-refractivity contribution in [1.29, 1.82) is 0 Å². The van der Waals surface area contributed by atoms with Gasteiger partial charge >= 0.3 is 0 Å². The Balaban J connectivity index is 1.79. The third kappa shape index (κ3) is 0.783. The van der Waals surface area contributed by atoms with Crippen molar-refractivity contribution in [2.75, 3.05) is 0 Å². The van der Waals surface area contributed by atoms with Crippen LogP contribution in [0.15, 0.2) is 0 Å². The van der Waals surface area contributed by atoms with Crippen LogP contribution in [0.4, 0.5) is 0 Å². The van der Waals surface area contributed by atoms with Crippen LogP contribution in [-0.2, 0) is 9.59 Å².